The summed E-state index contributed by atoms with van der Waals surface area (Å²) in [6, 6.07) is 0. The van der Waals surface area contributed by atoms with Crippen LogP contribution in [0, 0.1) is 10.8 Å². The first kappa shape index (κ1) is 12.0. The number of hydrogen-bond acceptors (Lipinski definition) is 2. The molecule has 0 rings (SSSR count). The van der Waals surface area contributed by atoms with Crippen LogP contribution in [0.15, 0.2) is 0 Å². The van der Waals surface area contributed by atoms with Crippen LogP contribution in [-0.2, 0) is 16.3 Å². The van der Waals surface area contributed by atoms with Crippen molar-refractivity contribution >= 4 is 11.9 Å². The molecule has 0 heterocycles. The number of guanidine groups is 2. The summed E-state index contributed by atoms with van der Waals surface area (Å²) in [7, 11) is 0. The fraction of sp³-hybridized carbons (Fsp3) is 0.500. The summed E-state index contributed by atoms with van der Waals surface area (Å²) in [6.45, 7) is 0. The first-order valence-corrected chi connectivity index (χ1v) is 5.27. The van der Waals surface area contributed by atoms with Gasteiger partial charge in [-0.15, -0.1) is 0 Å². The van der Waals surface area contributed by atoms with E-state index in [2.05, 4.69) is 11.3 Å². The molecule has 0 spiro atoms. The van der Waals surface area contributed by atoms with Gasteiger partial charge in [-0.1, -0.05) is 0 Å². The Hall–Kier alpha value is -0.676. The zero-order chi connectivity index (χ0) is 8.57. The fourth-order valence-electron chi connectivity index (χ4n) is 0.145. The van der Waals surface area contributed by atoms with Gasteiger partial charge in [0, 0.05) is 0 Å². The second-order valence-electron chi connectivity index (χ2n) is 1.40. The molecule has 0 fully saturated rings. The van der Waals surface area contributed by atoms with Crippen molar-refractivity contribution in [3.05, 3.63) is 0 Å². The van der Waals surface area contributed by atoms with Crippen molar-refractivity contribution in [1.29, 1.82) is 10.8 Å². The Bertz CT molecular complexity index is 100. The zero-order valence-corrected chi connectivity index (χ0v) is 7.50. The molecular weight excluding hydrogens is 169 g/mol. The molecule has 0 radical (unpaired) electrons. The molecule has 0 saturated carbocycles. The van der Waals surface area contributed by atoms with Crippen molar-refractivity contribution in [1.82, 2.24) is 5.32 Å². The van der Waals surface area contributed by atoms with Crippen molar-refractivity contribution in [2.24, 2.45) is 11.5 Å². The van der Waals surface area contributed by atoms with Gasteiger partial charge in [-0.2, -0.15) is 0 Å². The number of hydrogen-bond donors (Lipinski definition) is 5. The summed E-state index contributed by atoms with van der Waals surface area (Å²) in [5.41, 5.74) is 13.9. The third-order valence-electron chi connectivity index (χ3n) is 0.269. The molecule has 0 bridgehead atoms. The summed E-state index contributed by atoms with van der Waals surface area (Å²) in [6.07, 6.45) is 0. The summed E-state index contributed by atoms with van der Waals surface area (Å²) in [4.78, 5) is 0. The average Bonchev–Trinajstić information content (AvgIpc) is 1.62. The molecule has 0 aliphatic rings. The first-order valence-electron chi connectivity index (χ1n) is 2.47. The Kier molecular flexibility index (Phi) is 10.0. The van der Waals surface area contributed by atoms with E-state index in [1.165, 1.54) is 0 Å². The van der Waals surface area contributed by atoms with Gasteiger partial charge in [0.05, 0.1) is 0 Å². The molecule has 0 aromatic heterocycles. The van der Waals surface area contributed by atoms with Crippen LogP contribution in [-0.4, -0.2) is 11.9 Å². The predicted octanol–water partition coefficient (Wildman–Crippen LogP) is -0.472. The van der Waals surface area contributed by atoms with Gasteiger partial charge >= 0.3 is 27.6 Å². The van der Waals surface area contributed by atoms with E-state index in [0.717, 1.165) is 0 Å². The van der Waals surface area contributed by atoms with Crippen LogP contribution in [0.3, 0.4) is 0 Å². The van der Waals surface area contributed by atoms with Crippen LogP contribution < -0.4 is 16.8 Å². The maximum atomic E-state index is 6.47. The van der Waals surface area contributed by atoms with E-state index in [-0.39, 0.29) is 11.9 Å². The Morgan fingerprint density at radius 1 is 1.20 bits per heavy atom. The molecule has 10 heavy (non-hydrogen) atoms. The van der Waals surface area contributed by atoms with Crippen molar-refractivity contribution in [2.45, 2.75) is 11.3 Å². The minimum atomic E-state index is -0.312. The van der Waals surface area contributed by atoms with Crippen LogP contribution in [0.4, 0.5) is 0 Å². The molecule has 0 atom stereocenters. The molecule has 0 aromatic rings. The molecule has 0 aromatic carbocycles. The minimum absolute atomic E-state index is 0.312. The van der Waals surface area contributed by atoms with Crippen molar-refractivity contribution in [3.8, 4) is 0 Å². The zero-order valence-electron chi connectivity index (χ0n) is 6.10. The molecule has 0 unspecified atom stereocenters. The number of nitrogens with one attached hydrogen (secondary N) is 3. The summed E-state index contributed by atoms with van der Waals surface area (Å²) < 4.78 is 0. The second kappa shape index (κ2) is 8.32. The molecule has 7 N–H and O–H groups in total. The Morgan fingerprint density at radius 2 is 1.40 bits per heavy atom. The molecule has 0 aliphatic heterocycles. The van der Waals surface area contributed by atoms with Gasteiger partial charge < -0.3 is 11.5 Å². The first-order chi connectivity index (χ1) is 4.54. The molecule has 0 aliphatic carbocycles. The maximum absolute atomic E-state index is 6.47. The molecule has 6 heteroatoms. The van der Waals surface area contributed by atoms with E-state index in [0.29, 0.717) is 16.3 Å². The molecule has 5 nitrogen and oxygen atoms in total. The standard InChI is InChI=1S/C2H7N5.2CH3.V/c3-1(4)7-2(5)6;;;/h(H7,3,4,5,6,7);2*1H3;. The van der Waals surface area contributed by atoms with Gasteiger partial charge in [0.25, 0.3) is 0 Å². The monoisotopic (exact) mass is 182 g/mol. The molecule has 0 saturated heterocycles. The van der Waals surface area contributed by atoms with E-state index in [1.54, 1.807) is 0 Å². The average molecular weight is 182 g/mol. The van der Waals surface area contributed by atoms with Crippen LogP contribution in [0.25, 0.3) is 0 Å². The van der Waals surface area contributed by atoms with E-state index in [1.807, 2.05) is 5.32 Å². The summed E-state index contributed by atoms with van der Waals surface area (Å²) in [5, 5.41) is 15.0. The SMILES string of the molecule is N=C(N)NC(=N)N.[CH3][V][CH3]. The van der Waals surface area contributed by atoms with E-state index in [4.69, 9.17) is 22.3 Å². The van der Waals surface area contributed by atoms with Gasteiger partial charge in [0.15, 0.2) is 11.9 Å². The van der Waals surface area contributed by atoms with Crippen LogP contribution in [0.5, 0.6) is 0 Å². The number of nitrogens with two attached hydrogens (primary N) is 2. The number of rotatable bonds is 0. The molecule has 0 amide bonds. The van der Waals surface area contributed by atoms with Gasteiger partial charge in [0.2, 0.25) is 0 Å². The predicted molar refractivity (Wildman–Crippen MR) is 38.7 cm³/mol. The van der Waals surface area contributed by atoms with Gasteiger partial charge in [-0.3, -0.25) is 16.1 Å². The van der Waals surface area contributed by atoms with Gasteiger partial charge in [-0.25, -0.2) is 0 Å². The quantitative estimate of drug-likeness (QED) is 0.258. The van der Waals surface area contributed by atoms with Crippen LogP contribution in [0.1, 0.15) is 0 Å². The van der Waals surface area contributed by atoms with E-state index >= 15 is 0 Å². The van der Waals surface area contributed by atoms with Crippen molar-refractivity contribution < 1.29 is 16.3 Å². The third kappa shape index (κ3) is 26.5. The van der Waals surface area contributed by atoms with Crippen LogP contribution >= 0.6 is 0 Å². The summed E-state index contributed by atoms with van der Waals surface area (Å²) in [5.74, 6) is -0.625. The Morgan fingerprint density at radius 3 is 1.40 bits per heavy atom. The van der Waals surface area contributed by atoms with Crippen LogP contribution in [0.2, 0.25) is 11.3 Å². The van der Waals surface area contributed by atoms with E-state index in [9.17, 15) is 0 Å². The third-order valence-corrected chi connectivity index (χ3v) is 0.269. The molecular formula is C4H13N5V. The fourth-order valence-corrected chi connectivity index (χ4v) is 0.145. The van der Waals surface area contributed by atoms with Crippen molar-refractivity contribution in [2.75, 3.05) is 0 Å². The van der Waals surface area contributed by atoms with E-state index < -0.39 is 0 Å². The van der Waals surface area contributed by atoms with Gasteiger partial charge in [0.1, 0.15) is 0 Å². The topological polar surface area (TPSA) is 112 Å². The Balaban J connectivity index is 0. The normalized spacial score (nSPS) is 6.60. The van der Waals surface area contributed by atoms with Gasteiger partial charge in [-0.05, 0) is 0 Å². The summed E-state index contributed by atoms with van der Waals surface area (Å²) >= 11 is 0.688. The second-order valence-corrected chi connectivity index (χ2v) is 2.80. The Labute approximate surface area is 67.6 Å². The van der Waals surface area contributed by atoms with Crippen molar-refractivity contribution in [3.63, 3.8) is 0 Å². The molecule has 59 valence electrons.